The molecular weight excluding hydrogens is 617 g/mol. The van der Waals surface area contributed by atoms with E-state index in [1.54, 1.807) is 0 Å². The Kier molecular flexibility index (Phi) is 6.89. The van der Waals surface area contributed by atoms with Crippen LogP contribution in [0.25, 0.3) is 99.1 Å². The van der Waals surface area contributed by atoms with Gasteiger partial charge in [-0.2, -0.15) is 0 Å². The molecule has 0 atom stereocenters. The van der Waals surface area contributed by atoms with E-state index in [4.69, 9.17) is 4.42 Å². The number of rotatable bonds is 5. The molecule has 0 bridgehead atoms. The minimum atomic E-state index is 0.882. The van der Waals surface area contributed by atoms with Gasteiger partial charge < -0.3 is 4.42 Å². The maximum absolute atomic E-state index is 6.65. The second-order valence-corrected chi connectivity index (χ2v) is 13.2. The Labute approximate surface area is 296 Å². The molecule has 0 saturated heterocycles. The summed E-state index contributed by atoms with van der Waals surface area (Å²) in [6, 6.07) is 69.8. The van der Waals surface area contributed by atoms with E-state index in [0.29, 0.717) is 0 Å². The summed E-state index contributed by atoms with van der Waals surface area (Å²) >= 11 is 0. The molecular formula is C50H32O. The smallest absolute Gasteiger partial charge is 0.143 e. The van der Waals surface area contributed by atoms with Gasteiger partial charge in [0.05, 0.1) is 0 Å². The zero-order valence-electron chi connectivity index (χ0n) is 27.9. The Hall–Kier alpha value is -6.70. The molecule has 51 heavy (non-hydrogen) atoms. The summed E-state index contributed by atoms with van der Waals surface area (Å²) < 4.78 is 6.65. The van der Waals surface area contributed by atoms with Crippen LogP contribution in [-0.4, -0.2) is 0 Å². The van der Waals surface area contributed by atoms with Gasteiger partial charge in [-0.05, 0) is 83.4 Å². The fourth-order valence-electron chi connectivity index (χ4n) is 7.98. The van der Waals surface area contributed by atoms with Crippen LogP contribution in [0.15, 0.2) is 199 Å². The number of furan rings is 1. The van der Waals surface area contributed by atoms with Crippen LogP contribution in [0, 0.1) is 0 Å². The number of hydrogen-bond donors (Lipinski definition) is 0. The van der Waals surface area contributed by atoms with Crippen LogP contribution in [0.1, 0.15) is 0 Å². The van der Waals surface area contributed by atoms with Crippen molar-refractivity contribution in [1.29, 1.82) is 0 Å². The molecule has 0 unspecified atom stereocenters. The van der Waals surface area contributed by atoms with Crippen molar-refractivity contribution in [3.05, 3.63) is 194 Å². The third-order valence-corrected chi connectivity index (χ3v) is 10.3. The van der Waals surface area contributed by atoms with Gasteiger partial charge >= 0.3 is 0 Å². The maximum Gasteiger partial charge on any atom is 0.143 e. The first kappa shape index (κ1) is 29.2. The monoisotopic (exact) mass is 648 g/mol. The third-order valence-electron chi connectivity index (χ3n) is 10.3. The molecule has 0 aliphatic heterocycles. The van der Waals surface area contributed by atoms with Crippen LogP contribution in [0.5, 0.6) is 0 Å². The van der Waals surface area contributed by atoms with Crippen molar-refractivity contribution in [2.24, 2.45) is 0 Å². The lowest BCUT2D eigenvalue weighted by atomic mass is 9.85. The van der Waals surface area contributed by atoms with E-state index in [1.165, 1.54) is 65.7 Å². The average Bonchev–Trinajstić information content (AvgIpc) is 3.59. The highest BCUT2D eigenvalue weighted by Crippen LogP contribution is 2.47. The van der Waals surface area contributed by atoms with Crippen LogP contribution >= 0.6 is 0 Å². The first-order chi connectivity index (χ1) is 25.3. The van der Waals surface area contributed by atoms with Crippen molar-refractivity contribution in [1.82, 2.24) is 0 Å². The normalized spacial score (nSPS) is 11.5. The molecule has 0 aliphatic carbocycles. The molecule has 0 saturated carbocycles. The Morgan fingerprint density at radius 3 is 1.39 bits per heavy atom. The van der Waals surface area contributed by atoms with E-state index in [2.05, 4.69) is 188 Å². The van der Waals surface area contributed by atoms with Gasteiger partial charge in [-0.25, -0.2) is 0 Å². The van der Waals surface area contributed by atoms with Crippen molar-refractivity contribution >= 4 is 43.3 Å². The standard InChI is InChI=1S/C50H32O/c1-3-15-35(16-4-1)49-45-32-38(30-31-46(45)51-50(49)37-17-5-2-6-18-37)48-43-23-11-9-21-41(43)47(42-22-10-12-24-44(42)48)36-28-26-34(27-29-36)40-25-13-19-33-14-7-8-20-39(33)40/h1-32H. The molecule has 1 nitrogen and oxygen atoms in total. The Morgan fingerprint density at radius 2 is 0.745 bits per heavy atom. The minimum absolute atomic E-state index is 0.882. The largest absolute Gasteiger partial charge is 0.455 e. The predicted octanol–water partition coefficient (Wildman–Crippen LogP) is 14.2. The van der Waals surface area contributed by atoms with E-state index in [1.807, 2.05) is 6.07 Å². The quantitative estimate of drug-likeness (QED) is 0.169. The van der Waals surface area contributed by atoms with Crippen LogP contribution in [-0.2, 0) is 0 Å². The van der Waals surface area contributed by atoms with Gasteiger partial charge in [0.15, 0.2) is 0 Å². The summed E-state index contributed by atoms with van der Waals surface area (Å²) in [5, 5.41) is 8.59. The number of fused-ring (bicyclic) bond motifs is 4. The summed E-state index contributed by atoms with van der Waals surface area (Å²) in [6.45, 7) is 0. The second-order valence-electron chi connectivity index (χ2n) is 13.2. The summed E-state index contributed by atoms with van der Waals surface area (Å²) in [6.07, 6.45) is 0. The van der Waals surface area contributed by atoms with E-state index in [0.717, 1.165) is 33.4 Å². The van der Waals surface area contributed by atoms with Gasteiger partial charge in [0.25, 0.3) is 0 Å². The highest BCUT2D eigenvalue weighted by Gasteiger charge is 2.21. The molecule has 1 heteroatoms. The molecule has 9 aromatic carbocycles. The minimum Gasteiger partial charge on any atom is -0.455 e. The van der Waals surface area contributed by atoms with Crippen molar-refractivity contribution in [3.8, 4) is 55.8 Å². The lowest BCUT2D eigenvalue weighted by Crippen LogP contribution is -1.91. The SMILES string of the molecule is c1ccc(-c2oc3ccc(-c4c5ccccc5c(-c5ccc(-c6cccc7ccccc67)cc5)c5ccccc45)cc3c2-c2ccccc2)cc1. The second kappa shape index (κ2) is 12.0. The molecule has 0 fully saturated rings. The third kappa shape index (κ3) is 4.86. The Balaban J connectivity index is 1.19. The molecule has 0 radical (unpaired) electrons. The molecule has 10 rings (SSSR count). The van der Waals surface area contributed by atoms with E-state index in [9.17, 15) is 0 Å². The Morgan fingerprint density at radius 1 is 0.275 bits per heavy atom. The summed E-state index contributed by atoms with van der Waals surface area (Å²) in [5.41, 5.74) is 11.6. The molecule has 0 N–H and O–H groups in total. The van der Waals surface area contributed by atoms with E-state index >= 15 is 0 Å². The topological polar surface area (TPSA) is 13.1 Å². The highest BCUT2D eigenvalue weighted by atomic mass is 16.3. The molecule has 0 amide bonds. The predicted molar refractivity (Wildman–Crippen MR) is 216 cm³/mol. The van der Waals surface area contributed by atoms with Gasteiger partial charge in [-0.3, -0.25) is 0 Å². The lowest BCUT2D eigenvalue weighted by molar-refractivity contribution is 0.632. The van der Waals surface area contributed by atoms with Gasteiger partial charge in [-0.1, -0.05) is 182 Å². The summed E-state index contributed by atoms with van der Waals surface area (Å²) in [5.74, 6) is 0.894. The molecule has 1 heterocycles. The lowest BCUT2D eigenvalue weighted by Gasteiger charge is -2.18. The van der Waals surface area contributed by atoms with Gasteiger partial charge in [0, 0.05) is 16.5 Å². The zero-order chi connectivity index (χ0) is 33.7. The molecule has 0 aliphatic rings. The van der Waals surface area contributed by atoms with Crippen molar-refractivity contribution in [2.75, 3.05) is 0 Å². The van der Waals surface area contributed by atoms with Crippen molar-refractivity contribution in [2.45, 2.75) is 0 Å². The highest BCUT2D eigenvalue weighted by molar-refractivity contribution is 6.22. The van der Waals surface area contributed by atoms with Gasteiger partial charge in [0.1, 0.15) is 11.3 Å². The first-order valence-electron chi connectivity index (χ1n) is 17.5. The molecule has 1 aromatic heterocycles. The van der Waals surface area contributed by atoms with Crippen LogP contribution in [0.4, 0.5) is 0 Å². The van der Waals surface area contributed by atoms with Crippen molar-refractivity contribution in [3.63, 3.8) is 0 Å². The fraction of sp³-hybridized carbons (Fsp3) is 0. The van der Waals surface area contributed by atoms with E-state index in [-0.39, 0.29) is 0 Å². The van der Waals surface area contributed by atoms with Crippen LogP contribution in [0.2, 0.25) is 0 Å². The van der Waals surface area contributed by atoms with Gasteiger partial charge in [0.2, 0.25) is 0 Å². The summed E-state index contributed by atoms with van der Waals surface area (Å²) in [7, 11) is 0. The fourth-order valence-corrected chi connectivity index (χ4v) is 7.98. The Bertz CT molecular complexity index is 2820. The molecule has 238 valence electrons. The van der Waals surface area contributed by atoms with Crippen LogP contribution in [0.3, 0.4) is 0 Å². The van der Waals surface area contributed by atoms with Crippen molar-refractivity contribution < 1.29 is 4.42 Å². The zero-order valence-corrected chi connectivity index (χ0v) is 27.9. The summed E-state index contributed by atoms with van der Waals surface area (Å²) in [4.78, 5) is 0. The van der Waals surface area contributed by atoms with Crippen LogP contribution < -0.4 is 0 Å². The van der Waals surface area contributed by atoms with Gasteiger partial charge in [-0.15, -0.1) is 0 Å². The molecule has 0 spiro atoms. The first-order valence-corrected chi connectivity index (χ1v) is 17.5. The average molecular weight is 649 g/mol. The van der Waals surface area contributed by atoms with E-state index < -0.39 is 0 Å². The maximum atomic E-state index is 6.65. The molecule has 10 aromatic rings. The number of benzene rings is 9. The number of hydrogen-bond acceptors (Lipinski definition) is 1.